The summed E-state index contributed by atoms with van der Waals surface area (Å²) < 4.78 is 5.61. The number of carbonyl (C=O) groups is 1. The van der Waals surface area contributed by atoms with E-state index < -0.39 is 6.10 Å². The van der Waals surface area contributed by atoms with Gasteiger partial charge >= 0.3 is 0 Å². The molecule has 0 saturated carbocycles. The van der Waals surface area contributed by atoms with E-state index >= 15 is 0 Å². The lowest BCUT2D eigenvalue weighted by molar-refractivity contribution is -0.132. The Morgan fingerprint density at radius 3 is 2.45 bits per heavy atom. The zero-order chi connectivity index (χ0) is 15.9. The van der Waals surface area contributed by atoms with Crippen molar-refractivity contribution in [2.24, 2.45) is 5.92 Å². The second-order valence-corrected chi connectivity index (χ2v) is 6.72. The van der Waals surface area contributed by atoms with Gasteiger partial charge < -0.3 is 10.1 Å². The molecule has 2 rings (SSSR count). The van der Waals surface area contributed by atoms with E-state index in [9.17, 15) is 4.79 Å². The summed E-state index contributed by atoms with van der Waals surface area (Å²) in [6.07, 6.45) is -0.450. The third kappa shape index (κ3) is 4.68. The molecule has 1 aromatic carbocycles. The number of rotatable bonds is 7. The van der Waals surface area contributed by atoms with Gasteiger partial charge in [-0.05, 0) is 29.9 Å². The van der Waals surface area contributed by atoms with Crippen molar-refractivity contribution in [2.75, 3.05) is 6.61 Å². The highest BCUT2D eigenvalue weighted by Gasteiger charge is 2.21. The third-order valence-corrected chi connectivity index (χ3v) is 4.23. The van der Waals surface area contributed by atoms with E-state index in [1.165, 1.54) is 0 Å². The molecule has 0 aliphatic rings. The topological polar surface area (TPSA) is 38.3 Å². The number of nitrogens with one attached hydrogen (secondary N) is 1. The fourth-order valence-corrected chi connectivity index (χ4v) is 2.89. The predicted molar refractivity (Wildman–Crippen MR) is 91.0 cm³/mol. The van der Waals surface area contributed by atoms with Gasteiger partial charge in [-0.2, -0.15) is 0 Å². The first kappa shape index (κ1) is 16.7. The molecule has 0 unspecified atom stereocenters. The van der Waals surface area contributed by atoms with Crippen LogP contribution in [0.5, 0.6) is 0 Å². The lowest BCUT2D eigenvalue weighted by Gasteiger charge is -2.21. The molecular weight excluding hydrogens is 294 g/mol. The predicted octanol–water partition coefficient (Wildman–Crippen LogP) is 4.01. The van der Waals surface area contributed by atoms with E-state index in [-0.39, 0.29) is 11.9 Å². The third-order valence-electron chi connectivity index (χ3n) is 3.30. The van der Waals surface area contributed by atoms with E-state index in [1.807, 2.05) is 47.8 Å². The number of ether oxygens (including phenoxy) is 1. The van der Waals surface area contributed by atoms with Gasteiger partial charge in [-0.1, -0.05) is 50.2 Å². The summed E-state index contributed by atoms with van der Waals surface area (Å²) in [7, 11) is 0. The molecule has 0 spiro atoms. The minimum atomic E-state index is -0.450. The van der Waals surface area contributed by atoms with Gasteiger partial charge in [-0.25, -0.2) is 0 Å². The standard InChI is InChI=1S/C18H23NO2S/c1-13(2)12-21-14(3)18(20)19-17(16-10-7-11-22-16)15-8-5-4-6-9-15/h4-11,13-14,17H,12H2,1-3H3,(H,19,20)/t14-,17-/m0/s1. The number of hydrogen-bond acceptors (Lipinski definition) is 3. The van der Waals surface area contributed by atoms with Crippen molar-refractivity contribution in [3.63, 3.8) is 0 Å². The van der Waals surface area contributed by atoms with Crippen molar-refractivity contribution in [3.8, 4) is 0 Å². The molecule has 118 valence electrons. The fourth-order valence-electron chi connectivity index (χ4n) is 2.09. The van der Waals surface area contributed by atoms with Gasteiger partial charge in [0.15, 0.2) is 0 Å². The van der Waals surface area contributed by atoms with Crippen LogP contribution in [0.3, 0.4) is 0 Å². The molecule has 0 radical (unpaired) electrons. The van der Waals surface area contributed by atoms with Gasteiger partial charge in [0.1, 0.15) is 6.10 Å². The maximum Gasteiger partial charge on any atom is 0.249 e. The maximum absolute atomic E-state index is 12.4. The van der Waals surface area contributed by atoms with Crippen LogP contribution in [0.25, 0.3) is 0 Å². The van der Waals surface area contributed by atoms with Crippen LogP contribution in [0.15, 0.2) is 47.8 Å². The van der Waals surface area contributed by atoms with Crippen LogP contribution in [0, 0.1) is 5.92 Å². The minimum absolute atomic E-state index is 0.0806. The van der Waals surface area contributed by atoms with Crippen LogP contribution < -0.4 is 5.32 Å². The highest BCUT2D eigenvalue weighted by molar-refractivity contribution is 7.10. The molecule has 0 bridgehead atoms. The van der Waals surface area contributed by atoms with Crippen LogP contribution in [0.4, 0.5) is 0 Å². The zero-order valence-electron chi connectivity index (χ0n) is 13.3. The molecule has 0 fully saturated rings. The smallest absolute Gasteiger partial charge is 0.249 e. The molecule has 4 heteroatoms. The average Bonchev–Trinajstić information content (AvgIpc) is 3.04. The minimum Gasteiger partial charge on any atom is -0.368 e. The highest BCUT2D eigenvalue weighted by atomic mass is 32.1. The van der Waals surface area contributed by atoms with Crippen LogP contribution in [-0.2, 0) is 9.53 Å². The number of carbonyl (C=O) groups excluding carboxylic acids is 1. The Morgan fingerprint density at radius 2 is 1.86 bits per heavy atom. The Balaban J connectivity index is 2.09. The molecule has 1 N–H and O–H groups in total. The molecule has 0 aliphatic carbocycles. The lowest BCUT2D eigenvalue weighted by atomic mass is 10.1. The van der Waals surface area contributed by atoms with E-state index in [4.69, 9.17) is 4.74 Å². The van der Waals surface area contributed by atoms with Crippen LogP contribution in [-0.4, -0.2) is 18.6 Å². The van der Waals surface area contributed by atoms with Crippen molar-refractivity contribution in [1.82, 2.24) is 5.32 Å². The molecule has 0 aliphatic heterocycles. The van der Waals surface area contributed by atoms with Crippen LogP contribution in [0.1, 0.15) is 37.3 Å². The monoisotopic (exact) mass is 317 g/mol. The Labute approximate surface area is 136 Å². The summed E-state index contributed by atoms with van der Waals surface area (Å²) >= 11 is 1.64. The lowest BCUT2D eigenvalue weighted by Crippen LogP contribution is -2.37. The van der Waals surface area contributed by atoms with E-state index in [1.54, 1.807) is 18.3 Å². The summed E-state index contributed by atoms with van der Waals surface area (Å²) in [6.45, 7) is 6.53. The first-order valence-corrected chi connectivity index (χ1v) is 8.46. The van der Waals surface area contributed by atoms with Gasteiger partial charge in [-0.3, -0.25) is 4.79 Å². The van der Waals surface area contributed by atoms with E-state index in [0.29, 0.717) is 12.5 Å². The average molecular weight is 317 g/mol. The largest absolute Gasteiger partial charge is 0.368 e. The van der Waals surface area contributed by atoms with Gasteiger partial charge in [-0.15, -0.1) is 11.3 Å². The molecule has 2 aromatic rings. The molecule has 22 heavy (non-hydrogen) atoms. The molecule has 1 amide bonds. The summed E-state index contributed by atoms with van der Waals surface area (Å²) in [6, 6.07) is 13.9. The Hall–Kier alpha value is -1.65. The first-order chi connectivity index (χ1) is 10.6. The van der Waals surface area contributed by atoms with Crippen molar-refractivity contribution in [3.05, 3.63) is 58.3 Å². The van der Waals surface area contributed by atoms with Gasteiger partial charge in [0.25, 0.3) is 0 Å². The Morgan fingerprint density at radius 1 is 1.14 bits per heavy atom. The summed E-state index contributed by atoms with van der Waals surface area (Å²) in [4.78, 5) is 13.5. The van der Waals surface area contributed by atoms with Crippen molar-refractivity contribution >= 4 is 17.2 Å². The Bertz CT molecular complexity index is 566. The summed E-state index contributed by atoms with van der Waals surface area (Å²) in [5, 5.41) is 5.13. The number of amides is 1. The van der Waals surface area contributed by atoms with Crippen LogP contribution in [0.2, 0.25) is 0 Å². The first-order valence-electron chi connectivity index (χ1n) is 7.58. The molecule has 2 atom stereocenters. The second kappa shape index (κ2) is 8.11. The molecular formula is C18H23NO2S. The Kier molecular flexibility index (Phi) is 6.16. The van der Waals surface area contributed by atoms with Crippen molar-refractivity contribution in [2.45, 2.75) is 32.9 Å². The highest BCUT2D eigenvalue weighted by Crippen LogP contribution is 2.26. The van der Waals surface area contributed by atoms with Crippen LogP contribution >= 0.6 is 11.3 Å². The molecule has 3 nitrogen and oxygen atoms in total. The summed E-state index contributed by atoms with van der Waals surface area (Å²) in [5.41, 5.74) is 1.08. The van der Waals surface area contributed by atoms with Crippen molar-refractivity contribution in [1.29, 1.82) is 0 Å². The molecule has 1 aromatic heterocycles. The molecule has 0 saturated heterocycles. The van der Waals surface area contributed by atoms with Gasteiger partial charge in [0, 0.05) is 11.5 Å². The van der Waals surface area contributed by atoms with Gasteiger partial charge in [0.05, 0.1) is 6.04 Å². The normalized spacial score (nSPS) is 13.8. The number of benzene rings is 1. The number of hydrogen-bond donors (Lipinski definition) is 1. The number of thiophene rings is 1. The SMILES string of the molecule is CC(C)CO[C@@H](C)C(=O)N[C@@H](c1ccccc1)c1cccs1. The van der Waals surface area contributed by atoms with E-state index in [0.717, 1.165) is 10.4 Å². The van der Waals surface area contributed by atoms with Crippen molar-refractivity contribution < 1.29 is 9.53 Å². The second-order valence-electron chi connectivity index (χ2n) is 5.74. The summed E-state index contributed by atoms with van der Waals surface area (Å²) in [5.74, 6) is 0.334. The van der Waals surface area contributed by atoms with Gasteiger partial charge in [0.2, 0.25) is 5.91 Å². The fraction of sp³-hybridized carbons (Fsp3) is 0.389. The zero-order valence-corrected chi connectivity index (χ0v) is 14.1. The maximum atomic E-state index is 12.4. The quantitative estimate of drug-likeness (QED) is 0.838. The van der Waals surface area contributed by atoms with E-state index in [2.05, 4.69) is 19.2 Å². The molecule has 1 heterocycles.